The van der Waals surface area contributed by atoms with Gasteiger partial charge in [0.05, 0.1) is 0 Å². The third-order valence-electron chi connectivity index (χ3n) is 10.5. The second-order valence-electron chi connectivity index (χ2n) is 14.0. The Kier molecular flexibility index (Phi) is 12.1. The van der Waals surface area contributed by atoms with Crippen molar-refractivity contribution in [3.05, 3.63) is 196 Å². The molecule has 278 valence electrons. The van der Waals surface area contributed by atoms with Gasteiger partial charge >= 0.3 is 0 Å². The predicted molar refractivity (Wildman–Crippen MR) is 242 cm³/mol. The van der Waals surface area contributed by atoms with Crippen molar-refractivity contribution in [2.24, 2.45) is 0 Å². The lowest BCUT2D eigenvalue weighted by molar-refractivity contribution is 0.736. The Morgan fingerprint density at radius 1 is 0.768 bits per heavy atom. The van der Waals surface area contributed by atoms with Crippen molar-refractivity contribution in [1.82, 2.24) is 15.0 Å². The fourth-order valence-corrected chi connectivity index (χ4v) is 8.98. The van der Waals surface area contributed by atoms with Crippen LogP contribution in [0.2, 0.25) is 0 Å². The zero-order chi connectivity index (χ0) is 39.0. The molecule has 0 radical (unpaired) electrons. The van der Waals surface area contributed by atoms with Crippen molar-refractivity contribution < 1.29 is 0 Å². The Bertz CT molecular complexity index is 2650. The van der Waals surface area contributed by atoms with Gasteiger partial charge in [-0.15, -0.1) is 17.9 Å². The normalized spacial score (nSPS) is 15.4. The van der Waals surface area contributed by atoms with Crippen LogP contribution in [0.5, 0.6) is 0 Å². The Labute approximate surface area is 336 Å². The van der Waals surface area contributed by atoms with E-state index in [0.717, 1.165) is 34.8 Å². The number of thiophene rings is 1. The third-order valence-corrected chi connectivity index (χ3v) is 11.8. The number of rotatable bonds is 11. The second-order valence-corrected chi connectivity index (χ2v) is 15.1. The molecule has 4 heteroatoms. The smallest absolute Gasteiger partial charge is 0.164 e. The average molecular weight is 748 g/mol. The molecule has 0 fully saturated rings. The summed E-state index contributed by atoms with van der Waals surface area (Å²) in [6.45, 7) is 14.9. The van der Waals surface area contributed by atoms with Crippen LogP contribution in [-0.4, -0.2) is 15.0 Å². The molecular weight excluding hydrogens is 699 g/mol. The molecule has 0 N–H and O–H groups in total. The number of hydrogen-bond donors (Lipinski definition) is 0. The van der Waals surface area contributed by atoms with Crippen LogP contribution in [0.1, 0.15) is 87.6 Å². The van der Waals surface area contributed by atoms with Gasteiger partial charge in [0.1, 0.15) is 0 Å². The maximum atomic E-state index is 5.12. The highest BCUT2D eigenvalue weighted by Crippen LogP contribution is 2.43. The zero-order valence-electron chi connectivity index (χ0n) is 33.0. The van der Waals surface area contributed by atoms with Crippen LogP contribution in [0.4, 0.5) is 0 Å². The number of allylic oxidation sites excluding steroid dienone is 11. The lowest BCUT2D eigenvalue weighted by Crippen LogP contribution is -2.22. The Balaban J connectivity index is 1.47. The molecule has 0 amide bonds. The third kappa shape index (κ3) is 7.76. The fourth-order valence-electron chi connectivity index (χ4n) is 7.85. The highest BCUT2D eigenvalue weighted by Gasteiger charge is 2.26. The van der Waals surface area contributed by atoms with Crippen LogP contribution < -0.4 is 9.75 Å². The van der Waals surface area contributed by atoms with Crippen LogP contribution >= 0.6 is 11.3 Å². The van der Waals surface area contributed by atoms with Gasteiger partial charge in [-0.1, -0.05) is 146 Å². The average Bonchev–Trinajstić information content (AvgIpc) is 3.64. The van der Waals surface area contributed by atoms with Crippen LogP contribution in [0, 0.1) is 0 Å². The highest BCUT2D eigenvalue weighted by molar-refractivity contribution is 7.17. The van der Waals surface area contributed by atoms with Crippen molar-refractivity contribution >= 4 is 44.2 Å². The molecule has 0 saturated carbocycles. The molecule has 2 heterocycles. The zero-order valence-corrected chi connectivity index (χ0v) is 33.9. The van der Waals surface area contributed by atoms with Gasteiger partial charge in [0.15, 0.2) is 17.5 Å². The summed E-state index contributed by atoms with van der Waals surface area (Å²) in [6.07, 6.45) is 24.1. The largest absolute Gasteiger partial charge is 0.209 e. The fraction of sp³-hybridized carbons (Fsp3) is 0.173. The van der Waals surface area contributed by atoms with E-state index in [1.165, 1.54) is 48.0 Å². The van der Waals surface area contributed by atoms with Gasteiger partial charge in [0, 0.05) is 48.4 Å². The van der Waals surface area contributed by atoms with E-state index >= 15 is 0 Å². The van der Waals surface area contributed by atoms with Crippen LogP contribution in [0.25, 0.3) is 55.4 Å². The number of benzene rings is 4. The molecule has 0 saturated heterocycles. The van der Waals surface area contributed by atoms with Crippen LogP contribution in [0.3, 0.4) is 0 Å². The van der Waals surface area contributed by atoms with Crippen molar-refractivity contribution in [3.63, 3.8) is 0 Å². The topological polar surface area (TPSA) is 38.7 Å². The summed E-state index contributed by atoms with van der Waals surface area (Å²) < 4.78 is 2.43. The van der Waals surface area contributed by atoms with E-state index in [1.54, 1.807) is 0 Å². The lowest BCUT2D eigenvalue weighted by Gasteiger charge is -2.27. The molecule has 3 nitrogen and oxygen atoms in total. The SMILES string of the molecule is C=CC(c1cccc(-c2ccc3sc(=C/C)/c(=C(\C)c4nc(C(/C=C\C)=C/C)nc(-c5ccccc5)n4)c3c2)c1C1=CCCC=C1)C(/C=C\C)c1ccccc1. The van der Waals surface area contributed by atoms with Gasteiger partial charge < -0.3 is 0 Å². The highest BCUT2D eigenvalue weighted by atomic mass is 32.1. The summed E-state index contributed by atoms with van der Waals surface area (Å²) in [6, 6.07) is 34.8. The van der Waals surface area contributed by atoms with Crippen LogP contribution in [0.15, 0.2) is 158 Å². The lowest BCUT2D eigenvalue weighted by atomic mass is 9.76. The van der Waals surface area contributed by atoms with E-state index in [-0.39, 0.29) is 11.8 Å². The molecule has 4 aromatic carbocycles. The van der Waals surface area contributed by atoms with Gasteiger partial charge in [-0.3, -0.25) is 0 Å². The molecular formula is C52H49N3S. The van der Waals surface area contributed by atoms with Crippen molar-refractivity contribution in [2.45, 2.75) is 59.3 Å². The van der Waals surface area contributed by atoms with Crippen LogP contribution in [-0.2, 0) is 0 Å². The number of aromatic nitrogens is 3. The molecule has 0 spiro atoms. The Morgan fingerprint density at radius 2 is 1.54 bits per heavy atom. The molecule has 0 bridgehead atoms. The predicted octanol–water partition coefficient (Wildman–Crippen LogP) is 12.8. The summed E-state index contributed by atoms with van der Waals surface area (Å²) in [5.41, 5.74) is 10.4. The maximum Gasteiger partial charge on any atom is 0.164 e. The summed E-state index contributed by atoms with van der Waals surface area (Å²) in [5, 5.41) is 2.36. The first-order valence-corrected chi connectivity index (χ1v) is 20.4. The molecule has 0 aliphatic heterocycles. The summed E-state index contributed by atoms with van der Waals surface area (Å²) in [5.74, 6) is 2.22. The molecule has 1 aliphatic carbocycles. The van der Waals surface area contributed by atoms with E-state index in [9.17, 15) is 0 Å². The number of fused-ring (bicyclic) bond motifs is 1. The first-order valence-electron chi connectivity index (χ1n) is 19.6. The minimum Gasteiger partial charge on any atom is -0.209 e. The molecule has 7 rings (SSSR count). The van der Waals surface area contributed by atoms with Gasteiger partial charge in [0.25, 0.3) is 0 Å². The van der Waals surface area contributed by atoms with Gasteiger partial charge in [-0.05, 0) is 93.0 Å². The van der Waals surface area contributed by atoms with E-state index in [1.807, 2.05) is 49.5 Å². The quantitative estimate of drug-likeness (QED) is 0.0978. The minimum atomic E-state index is 0.0681. The van der Waals surface area contributed by atoms with E-state index in [4.69, 9.17) is 15.0 Å². The van der Waals surface area contributed by atoms with E-state index in [2.05, 4.69) is 161 Å². The summed E-state index contributed by atoms with van der Waals surface area (Å²) in [7, 11) is 0. The summed E-state index contributed by atoms with van der Waals surface area (Å²) >= 11 is 1.81. The second kappa shape index (κ2) is 17.7. The standard InChI is InChI=1S/C52H49N3S/c1-7-22-36(9-3)51-53-50(54-52(55-51)39-28-19-14-20-29-39)35(6)48-45-34-40(32-33-47(45)56-46(48)11-5)43-30-21-31-44(49(43)38-26-17-13-18-27-38)41(10-4)42(23-8-2)37-24-15-12-16-25-37/h7-12,14-17,19-34,41-42H,4,13,18H2,1-3,5-6H3/b22-7-,23-8-,36-9+,46-11+,48-35+. The Morgan fingerprint density at radius 3 is 2.21 bits per heavy atom. The molecule has 6 aromatic rings. The monoisotopic (exact) mass is 747 g/mol. The van der Waals surface area contributed by atoms with Crippen molar-refractivity contribution in [2.75, 3.05) is 0 Å². The first-order chi connectivity index (χ1) is 27.5. The van der Waals surface area contributed by atoms with Gasteiger partial charge in [0.2, 0.25) is 0 Å². The minimum absolute atomic E-state index is 0.0681. The first kappa shape index (κ1) is 38.3. The maximum absolute atomic E-state index is 5.12. The molecule has 2 aromatic heterocycles. The van der Waals surface area contributed by atoms with Crippen molar-refractivity contribution in [1.29, 1.82) is 0 Å². The van der Waals surface area contributed by atoms with Gasteiger partial charge in [-0.2, -0.15) is 0 Å². The Hall–Kier alpha value is -5.97. The molecule has 2 unspecified atom stereocenters. The summed E-state index contributed by atoms with van der Waals surface area (Å²) in [4.78, 5) is 15.2. The van der Waals surface area contributed by atoms with Gasteiger partial charge in [-0.25, -0.2) is 15.0 Å². The number of hydrogen-bond acceptors (Lipinski definition) is 4. The van der Waals surface area contributed by atoms with Crippen molar-refractivity contribution in [3.8, 4) is 22.5 Å². The number of nitrogens with zero attached hydrogens (tertiary/aromatic N) is 3. The van der Waals surface area contributed by atoms with E-state index < -0.39 is 0 Å². The molecule has 1 aliphatic rings. The molecule has 2 atom stereocenters. The van der Waals surface area contributed by atoms with E-state index in [0.29, 0.717) is 17.5 Å². The molecule has 56 heavy (non-hydrogen) atoms.